The van der Waals surface area contributed by atoms with Crippen molar-refractivity contribution in [2.45, 2.75) is 25.8 Å². The van der Waals surface area contributed by atoms with Gasteiger partial charge in [0.15, 0.2) is 0 Å². The van der Waals surface area contributed by atoms with Crippen LogP contribution in [-0.4, -0.2) is 4.57 Å². The maximum atomic E-state index is 2.48. The lowest BCUT2D eigenvalue weighted by atomic mass is 9.82. The molecule has 12 aromatic carbocycles. The zero-order valence-corrected chi connectivity index (χ0v) is 42.7. The monoisotopic (exact) mass is 970 g/mol. The summed E-state index contributed by atoms with van der Waals surface area (Å²) in [4.78, 5) is 2.46. The summed E-state index contributed by atoms with van der Waals surface area (Å²) in [5.74, 6) is 0. The number of anilines is 2. The van der Waals surface area contributed by atoms with E-state index < -0.39 is 0 Å². The van der Waals surface area contributed by atoms with E-state index in [9.17, 15) is 0 Å². The predicted octanol–water partition coefficient (Wildman–Crippen LogP) is 19.9. The van der Waals surface area contributed by atoms with E-state index in [2.05, 4.69) is 302 Å². The fourth-order valence-corrected chi connectivity index (χ4v) is 12.3. The first-order valence-corrected chi connectivity index (χ1v) is 26.5. The maximum absolute atomic E-state index is 2.48. The van der Waals surface area contributed by atoms with Gasteiger partial charge in [-0.2, -0.15) is 0 Å². The van der Waals surface area contributed by atoms with E-state index in [1.54, 1.807) is 0 Å². The van der Waals surface area contributed by atoms with E-state index in [0.29, 0.717) is 6.54 Å². The molecule has 0 saturated heterocycles. The molecule has 0 spiro atoms. The minimum Gasteiger partial charge on any atom is -0.337 e. The van der Waals surface area contributed by atoms with Gasteiger partial charge in [0.2, 0.25) is 0 Å². The van der Waals surface area contributed by atoms with Crippen molar-refractivity contribution < 1.29 is 0 Å². The Morgan fingerprint density at radius 2 is 0.829 bits per heavy atom. The molecule has 2 heteroatoms. The van der Waals surface area contributed by atoms with Gasteiger partial charge < -0.3 is 9.47 Å². The van der Waals surface area contributed by atoms with E-state index in [-0.39, 0.29) is 5.41 Å². The molecule has 76 heavy (non-hydrogen) atoms. The molecule has 13 aromatic rings. The Kier molecular flexibility index (Phi) is 11.0. The quantitative estimate of drug-likeness (QED) is 0.133. The van der Waals surface area contributed by atoms with E-state index in [0.717, 1.165) is 11.4 Å². The van der Waals surface area contributed by atoms with Gasteiger partial charge in [0.1, 0.15) is 0 Å². The molecular formula is C74H54N2. The molecule has 0 aliphatic heterocycles. The highest BCUT2D eigenvalue weighted by molar-refractivity contribution is 6.16. The fraction of sp³-hybridized carbons (Fsp3) is 0.0541. The number of rotatable bonds is 10. The summed E-state index contributed by atoms with van der Waals surface area (Å²) in [5.41, 5.74) is 24.5. The van der Waals surface area contributed by atoms with Crippen molar-refractivity contribution in [2.24, 2.45) is 0 Å². The van der Waals surface area contributed by atoms with Gasteiger partial charge in [-0.25, -0.2) is 0 Å². The van der Waals surface area contributed by atoms with E-state index in [1.165, 1.54) is 122 Å². The number of benzene rings is 12. The Morgan fingerprint density at radius 3 is 1.59 bits per heavy atom. The summed E-state index contributed by atoms with van der Waals surface area (Å²) in [6, 6.07) is 103. The van der Waals surface area contributed by atoms with Gasteiger partial charge in [-0.3, -0.25) is 0 Å². The smallest absolute Gasteiger partial charge is 0.0547 e. The molecule has 0 N–H and O–H groups in total. The normalized spacial score (nSPS) is 12.5. The standard InChI is InChI=1S/C74H54N2/c1-74(2)69-30-12-10-26-66(69)67-46-45-61(48-70(67)74)76-71-31-13-11-27-68(71)73-65(29-16-32-72(73)76)57-23-14-22-56(47-57)62-24-8-7-20-58(62)49-75(59-41-37-52(38-42-59)50-17-4-3-5-18-50)60-43-39-53(40-44-60)51-33-35-55(36-34-51)64-28-15-21-54-19-6-9-25-63(54)64/h3-48H,49H2,1-2H3. The fourth-order valence-electron chi connectivity index (χ4n) is 12.3. The zero-order chi connectivity index (χ0) is 50.7. The molecule has 1 aromatic heterocycles. The first-order valence-electron chi connectivity index (χ1n) is 26.5. The number of hydrogen-bond donors (Lipinski definition) is 0. The Balaban J connectivity index is 0.819. The van der Waals surface area contributed by atoms with E-state index in [4.69, 9.17) is 0 Å². The van der Waals surface area contributed by atoms with Crippen LogP contribution < -0.4 is 4.90 Å². The second-order valence-corrected chi connectivity index (χ2v) is 20.8. The molecule has 0 unspecified atom stereocenters. The number of hydrogen-bond acceptors (Lipinski definition) is 1. The Morgan fingerprint density at radius 1 is 0.329 bits per heavy atom. The SMILES string of the molecule is CC1(C)c2ccccc2-c2ccc(-n3c4ccccc4c4c(-c5cccc(-c6ccccc6CN(c6ccc(-c7ccccc7)cc6)c6ccc(-c7ccc(-c8cccc9ccccc89)cc7)cc6)c5)cccc43)cc21. The van der Waals surface area contributed by atoms with Crippen LogP contribution in [0.1, 0.15) is 30.5 Å². The van der Waals surface area contributed by atoms with Crippen LogP contribution in [0, 0.1) is 0 Å². The third kappa shape index (κ3) is 7.72. The summed E-state index contributed by atoms with van der Waals surface area (Å²) in [6.45, 7) is 5.40. The first kappa shape index (κ1) is 45.1. The summed E-state index contributed by atoms with van der Waals surface area (Å²) < 4.78 is 2.48. The number of para-hydroxylation sites is 1. The minimum absolute atomic E-state index is 0.0926. The molecule has 0 saturated carbocycles. The second-order valence-electron chi connectivity index (χ2n) is 20.8. The Labute approximate surface area is 445 Å². The molecule has 0 amide bonds. The van der Waals surface area contributed by atoms with Crippen molar-refractivity contribution in [3.8, 4) is 72.4 Å². The molecule has 0 fully saturated rings. The molecule has 0 bridgehead atoms. The molecule has 1 aliphatic carbocycles. The van der Waals surface area contributed by atoms with Crippen LogP contribution >= 0.6 is 0 Å². The van der Waals surface area contributed by atoms with Crippen LogP contribution in [0.15, 0.2) is 279 Å². The summed E-state index contributed by atoms with van der Waals surface area (Å²) in [5, 5.41) is 5.04. The molecule has 0 radical (unpaired) electrons. The van der Waals surface area contributed by atoms with Gasteiger partial charge in [0.05, 0.1) is 11.0 Å². The molecule has 14 rings (SSSR count). The topological polar surface area (TPSA) is 8.17 Å². The highest BCUT2D eigenvalue weighted by atomic mass is 15.1. The molecule has 360 valence electrons. The third-order valence-corrected chi connectivity index (χ3v) is 16.1. The molecule has 1 aliphatic rings. The van der Waals surface area contributed by atoms with E-state index >= 15 is 0 Å². The predicted molar refractivity (Wildman–Crippen MR) is 322 cm³/mol. The van der Waals surface area contributed by atoms with Crippen molar-refractivity contribution in [1.29, 1.82) is 0 Å². The molecule has 2 nitrogen and oxygen atoms in total. The molecule has 0 atom stereocenters. The number of nitrogens with zero attached hydrogens (tertiary/aromatic N) is 2. The van der Waals surface area contributed by atoms with Gasteiger partial charge in [-0.05, 0) is 149 Å². The summed E-state index contributed by atoms with van der Waals surface area (Å²) in [7, 11) is 0. The van der Waals surface area contributed by atoms with Crippen LogP contribution in [0.25, 0.3) is 105 Å². The maximum Gasteiger partial charge on any atom is 0.0547 e. The van der Waals surface area contributed by atoms with Crippen molar-refractivity contribution in [3.63, 3.8) is 0 Å². The van der Waals surface area contributed by atoms with Crippen molar-refractivity contribution in [1.82, 2.24) is 4.57 Å². The lowest BCUT2D eigenvalue weighted by molar-refractivity contribution is 0.660. The average Bonchev–Trinajstić information content (AvgIpc) is 3.95. The van der Waals surface area contributed by atoms with Gasteiger partial charge in [0, 0.05) is 39.8 Å². The van der Waals surface area contributed by atoms with Crippen LogP contribution in [0.5, 0.6) is 0 Å². The molecule has 1 heterocycles. The highest BCUT2D eigenvalue weighted by Crippen LogP contribution is 2.50. The van der Waals surface area contributed by atoms with Gasteiger partial charge in [-0.15, -0.1) is 0 Å². The first-order chi connectivity index (χ1) is 37.4. The van der Waals surface area contributed by atoms with Crippen molar-refractivity contribution in [3.05, 3.63) is 296 Å². The van der Waals surface area contributed by atoms with Crippen LogP contribution in [0.4, 0.5) is 11.4 Å². The van der Waals surface area contributed by atoms with Gasteiger partial charge in [-0.1, -0.05) is 238 Å². The van der Waals surface area contributed by atoms with Crippen LogP contribution in [0.3, 0.4) is 0 Å². The average molecular weight is 971 g/mol. The Hall–Kier alpha value is -9.50. The Bertz CT molecular complexity index is 4310. The highest BCUT2D eigenvalue weighted by Gasteiger charge is 2.35. The third-order valence-electron chi connectivity index (χ3n) is 16.1. The summed E-state index contributed by atoms with van der Waals surface area (Å²) >= 11 is 0. The van der Waals surface area contributed by atoms with Crippen LogP contribution in [0.2, 0.25) is 0 Å². The lowest BCUT2D eigenvalue weighted by Gasteiger charge is -2.27. The van der Waals surface area contributed by atoms with E-state index in [1.807, 2.05) is 0 Å². The second kappa shape index (κ2) is 18.5. The summed E-state index contributed by atoms with van der Waals surface area (Å²) in [6.07, 6.45) is 0. The lowest BCUT2D eigenvalue weighted by Crippen LogP contribution is -2.17. The molecular weight excluding hydrogens is 917 g/mol. The van der Waals surface area contributed by atoms with Crippen LogP contribution in [-0.2, 0) is 12.0 Å². The number of fused-ring (bicyclic) bond motifs is 7. The largest absolute Gasteiger partial charge is 0.337 e. The van der Waals surface area contributed by atoms with Gasteiger partial charge >= 0.3 is 0 Å². The minimum atomic E-state index is -0.0926. The van der Waals surface area contributed by atoms with Crippen molar-refractivity contribution in [2.75, 3.05) is 4.90 Å². The van der Waals surface area contributed by atoms with Gasteiger partial charge in [0.25, 0.3) is 0 Å². The zero-order valence-electron chi connectivity index (χ0n) is 42.7. The van der Waals surface area contributed by atoms with Crippen molar-refractivity contribution >= 4 is 44.0 Å². The number of aromatic nitrogens is 1.